The van der Waals surface area contributed by atoms with Crippen molar-refractivity contribution in [1.82, 2.24) is 14.9 Å². The molecule has 5 nitrogen and oxygen atoms in total. The zero-order valence-electron chi connectivity index (χ0n) is 15.6. The van der Waals surface area contributed by atoms with Gasteiger partial charge in [-0.3, -0.25) is 4.79 Å². The fourth-order valence-electron chi connectivity index (χ4n) is 4.49. The van der Waals surface area contributed by atoms with Gasteiger partial charge in [0.25, 0.3) is 0 Å². The molecule has 1 aromatic rings. The molecule has 25 heavy (non-hydrogen) atoms. The van der Waals surface area contributed by atoms with E-state index in [-0.39, 0.29) is 0 Å². The van der Waals surface area contributed by atoms with Gasteiger partial charge in [-0.1, -0.05) is 6.92 Å². The van der Waals surface area contributed by atoms with Gasteiger partial charge in [-0.2, -0.15) is 0 Å². The lowest BCUT2D eigenvalue weighted by Crippen LogP contribution is -2.52. The highest BCUT2D eigenvalue weighted by Gasteiger charge is 2.45. The van der Waals surface area contributed by atoms with Crippen molar-refractivity contribution >= 4 is 11.7 Å². The number of likely N-dealkylation sites (tertiary alicyclic amines) is 1. The molecule has 1 aliphatic carbocycles. The van der Waals surface area contributed by atoms with E-state index < -0.39 is 0 Å². The lowest BCUT2D eigenvalue weighted by molar-refractivity contribution is -0.139. The maximum absolute atomic E-state index is 12.2. The Labute approximate surface area is 150 Å². The molecule has 3 heterocycles. The number of carbonyl (C=O) groups excluding carboxylic acids is 1. The number of hydrogen-bond donors (Lipinski definition) is 0. The summed E-state index contributed by atoms with van der Waals surface area (Å²) in [6.07, 6.45) is 8.65. The van der Waals surface area contributed by atoms with Gasteiger partial charge in [-0.25, -0.2) is 9.97 Å². The van der Waals surface area contributed by atoms with Crippen molar-refractivity contribution in [2.45, 2.75) is 71.3 Å². The highest BCUT2D eigenvalue weighted by atomic mass is 16.2. The Balaban J connectivity index is 1.43. The van der Waals surface area contributed by atoms with Crippen LogP contribution < -0.4 is 4.90 Å². The maximum atomic E-state index is 12.2. The van der Waals surface area contributed by atoms with Crippen molar-refractivity contribution in [3.05, 3.63) is 17.6 Å². The lowest BCUT2D eigenvalue weighted by atomic mass is 9.72. The van der Waals surface area contributed by atoms with Crippen LogP contribution in [-0.2, 0) is 11.2 Å². The molecule has 1 spiro atoms. The first-order chi connectivity index (χ1) is 12.1. The molecule has 0 aromatic carbocycles. The van der Waals surface area contributed by atoms with Gasteiger partial charge in [0.15, 0.2) is 0 Å². The number of aryl methyl sites for hydroxylation is 2. The van der Waals surface area contributed by atoms with Gasteiger partial charge in [0.1, 0.15) is 11.6 Å². The van der Waals surface area contributed by atoms with Gasteiger partial charge in [0.2, 0.25) is 5.91 Å². The summed E-state index contributed by atoms with van der Waals surface area (Å²) in [5, 5.41) is 0. The zero-order chi connectivity index (χ0) is 17.4. The molecule has 1 amide bonds. The quantitative estimate of drug-likeness (QED) is 0.844. The molecule has 1 aromatic heterocycles. The second-order valence-electron chi connectivity index (χ2n) is 8.27. The monoisotopic (exact) mass is 342 g/mol. The normalized spacial score (nSPS) is 23.4. The first-order valence-electron chi connectivity index (χ1n) is 9.97. The summed E-state index contributed by atoms with van der Waals surface area (Å²) in [4.78, 5) is 26.2. The minimum Gasteiger partial charge on any atom is -0.356 e. The number of carbonyl (C=O) groups is 1. The summed E-state index contributed by atoms with van der Waals surface area (Å²) in [5.41, 5.74) is 1.42. The van der Waals surface area contributed by atoms with Crippen molar-refractivity contribution in [3.63, 3.8) is 0 Å². The smallest absolute Gasteiger partial charge is 0.222 e. The third-order valence-corrected chi connectivity index (χ3v) is 6.19. The van der Waals surface area contributed by atoms with Crippen LogP contribution in [0.25, 0.3) is 0 Å². The van der Waals surface area contributed by atoms with E-state index in [4.69, 9.17) is 4.98 Å². The topological polar surface area (TPSA) is 49.3 Å². The largest absolute Gasteiger partial charge is 0.356 e. The van der Waals surface area contributed by atoms with Gasteiger partial charge in [-0.05, 0) is 50.9 Å². The molecule has 2 aliphatic heterocycles. The fraction of sp³-hybridized carbons (Fsp3) is 0.750. The number of hydrogen-bond acceptors (Lipinski definition) is 4. The molecule has 0 N–H and O–H groups in total. The minimum absolute atomic E-state index is 0.349. The van der Waals surface area contributed by atoms with Crippen molar-refractivity contribution in [1.29, 1.82) is 0 Å². The van der Waals surface area contributed by atoms with Gasteiger partial charge < -0.3 is 9.80 Å². The van der Waals surface area contributed by atoms with E-state index in [9.17, 15) is 4.79 Å². The Morgan fingerprint density at radius 2 is 1.96 bits per heavy atom. The van der Waals surface area contributed by atoms with E-state index in [2.05, 4.69) is 34.7 Å². The van der Waals surface area contributed by atoms with Crippen LogP contribution in [0.4, 0.5) is 5.82 Å². The van der Waals surface area contributed by atoms with Crippen LogP contribution in [-0.4, -0.2) is 46.5 Å². The number of amides is 1. The number of nitrogens with zero attached hydrogens (tertiary/aromatic N) is 4. The summed E-state index contributed by atoms with van der Waals surface area (Å²) in [6.45, 7) is 7.33. The molecule has 5 heteroatoms. The van der Waals surface area contributed by atoms with E-state index >= 15 is 0 Å². The number of rotatable bonds is 4. The van der Waals surface area contributed by atoms with Crippen LogP contribution in [0.1, 0.15) is 63.4 Å². The molecule has 2 saturated heterocycles. The summed E-state index contributed by atoms with van der Waals surface area (Å²) in [5.74, 6) is 2.46. The van der Waals surface area contributed by atoms with E-state index in [0.29, 0.717) is 17.4 Å². The van der Waals surface area contributed by atoms with Crippen molar-refractivity contribution < 1.29 is 4.79 Å². The van der Waals surface area contributed by atoms with Crippen LogP contribution in [0.3, 0.4) is 0 Å². The molecule has 0 atom stereocenters. The maximum Gasteiger partial charge on any atom is 0.222 e. The first-order valence-corrected chi connectivity index (χ1v) is 9.97. The minimum atomic E-state index is 0.349. The molecule has 0 radical (unpaired) electrons. The highest BCUT2D eigenvalue weighted by molar-refractivity contribution is 5.78. The van der Waals surface area contributed by atoms with E-state index in [1.165, 1.54) is 25.7 Å². The lowest BCUT2D eigenvalue weighted by Gasteiger charge is -2.48. The van der Waals surface area contributed by atoms with E-state index in [1.807, 2.05) is 0 Å². The summed E-state index contributed by atoms with van der Waals surface area (Å²) >= 11 is 0. The molecular weight excluding hydrogens is 312 g/mol. The third-order valence-electron chi connectivity index (χ3n) is 6.19. The third kappa shape index (κ3) is 3.51. The predicted octanol–water partition coefficient (Wildman–Crippen LogP) is 3.11. The Bertz CT molecular complexity index is 647. The van der Waals surface area contributed by atoms with Crippen molar-refractivity contribution in [3.8, 4) is 0 Å². The van der Waals surface area contributed by atoms with Crippen LogP contribution >= 0.6 is 0 Å². The molecule has 3 aliphatic rings. The number of anilines is 1. The van der Waals surface area contributed by atoms with Gasteiger partial charge >= 0.3 is 0 Å². The average Bonchev–Trinajstić information content (AvgIpc) is 3.43. The molecule has 3 fully saturated rings. The zero-order valence-corrected chi connectivity index (χ0v) is 15.6. The van der Waals surface area contributed by atoms with Gasteiger partial charge in [-0.15, -0.1) is 0 Å². The molecule has 0 unspecified atom stereocenters. The van der Waals surface area contributed by atoms with Gasteiger partial charge in [0.05, 0.1) is 0 Å². The molecule has 4 rings (SSSR count). The Kier molecular flexibility index (Phi) is 4.42. The number of piperidine rings is 2. The Morgan fingerprint density at radius 1 is 1.20 bits per heavy atom. The standard InChI is InChI=1S/C20H30N4O/c1-3-4-17-21-15(2)13-18(22-17)23-11-9-20(10-12-23)8-7-19(25)24(14-20)16-5-6-16/h13,16H,3-12,14H2,1-2H3. The Hall–Kier alpha value is -1.65. The highest BCUT2D eigenvalue weighted by Crippen LogP contribution is 2.43. The molecular formula is C20H30N4O. The van der Waals surface area contributed by atoms with Crippen molar-refractivity contribution in [2.24, 2.45) is 5.41 Å². The Morgan fingerprint density at radius 3 is 2.64 bits per heavy atom. The van der Waals surface area contributed by atoms with Crippen LogP contribution in [0.5, 0.6) is 0 Å². The van der Waals surface area contributed by atoms with Crippen molar-refractivity contribution in [2.75, 3.05) is 24.5 Å². The van der Waals surface area contributed by atoms with E-state index in [1.54, 1.807) is 0 Å². The summed E-state index contributed by atoms with van der Waals surface area (Å²) in [6, 6.07) is 2.68. The number of aromatic nitrogens is 2. The second-order valence-corrected chi connectivity index (χ2v) is 8.27. The fourth-order valence-corrected chi connectivity index (χ4v) is 4.49. The molecule has 0 bridgehead atoms. The van der Waals surface area contributed by atoms with Gasteiger partial charge in [0, 0.05) is 50.3 Å². The average molecular weight is 342 g/mol. The van der Waals surface area contributed by atoms with E-state index in [0.717, 1.165) is 62.7 Å². The SMILES string of the molecule is CCCc1nc(C)cc(N2CCC3(CCC(=O)N(C4CC4)C3)CC2)n1. The second kappa shape index (κ2) is 6.58. The van der Waals surface area contributed by atoms with Crippen LogP contribution in [0.15, 0.2) is 6.07 Å². The van der Waals surface area contributed by atoms with Crippen LogP contribution in [0.2, 0.25) is 0 Å². The first kappa shape index (κ1) is 16.8. The van der Waals surface area contributed by atoms with Crippen LogP contribution in [0, 0.1) is 12.3 Å². The predicted molar refractivity (Wildman–Crippen MR) is 98.6 cm³/mol. The molecule has 136 valence electrons. The molecule has 1 saturated carbocycles. The summed E-state index contributed by atoms with van der Waals surface area (Å²) in [7, 11) is 0. The summed E-state index contributed by atoms with van der Waals surface area (Å²) < 4.78 is 0.